The third-order valence-electron chi connectivity index (χ3n) is 3.61. The fourth-order valence-electron chi connectivity index (χ4n) is 2.45. The Kier molecular flexibility index (Phi) is 4.34. The zero-order valence-corrected chi connectivity index (χ0v) is 13.9. The van der Waals surface area contributed by atoms with E-state index in [-0.39, 0.29) is 18.0 Å². The minimum atomic E-state index is -3.63. The van der Waals surface area contributed by atoms with Crippen molar-refractivity contribution in [2.75, 3.05) is 22.4 Å². The van der Waals surface area contributed by atoms with Crippen LogP contribution in [0.3, 0.4) is 0 Å². The van der Waals surface area contributed by atoms with Gasteiger partial charge in [0.15, 0.2) is 17.7 Å². The lowest BCUT2D eigenvalue weighted by atomic mass is 10.2. The fourth-order valence-corrected chi connectivity index (χ4v) is 3.36. The first kappa shape index (κ1) is 17.2. The van der Waals surface area contributed by atoms with Crippen molar-refractivity contribution >= 4 is 27.3 Å². The predicted molar refractivity (Wildman–Crippen MR) is 88.0 cm³/mol. The average molecular weight is 368 g/mol. The quantitative estimate of drug-likeness (QED) is 0.901. The van der Waals surface area contributed by atoms with E-state index in [9.17, 15) is 22.0 Å². The van der Waals surface area contributed by atoms with Crippen molar-refractivity contribution in [1.29, 1.82) is 0 Å². The van der Waals surface area contributed by atoms with E-state index in [0.29, 0.717) is 5.69 Å². The van der Waals surface area contributed by atoms with Crippen LogP contribution < -0.4 is 14.4 Å². The lowest BCUT2D eigenvalue weighted by molar-refractivity contribution is -0.122. The summed E-state index contributed by atoms with van der Waals surface area (Å²) in [6, 6.07) is 9.33. The second-order valence-corrected chi connectivity index (χ2v) is 7.39. The third kappa shape index (κ3) is 3.55. The van der Waals surface area contributed by atoms with Crippen molar-refractivity contribution in [3.05, 3.63) is 54.1 Å². The van der Waals surface area contributed by atoms with Gasteiger partial charge in [0.25, 0.3) is 5.91 Å². The van der Waals surface area contributed by atoms with Gasteiger partial charge >= 0.3 is 0 Å². The van der Waals surface area contributed by atoms with Gasteiger partial charge in [-0.15, -0.1) is 0 Å². The summed E-state index contributed by atoms with van der Waals surface area (Å²) in [6.45, 7) is -0.231. The number of benzene rings is 2. The van der Waals surface area contributed by atoms with E-state index in [1.807, 2.05) is 0 Å². The lowest BCUT2D eigenvalue weighted by Gasteiger charge is -2.33. The van der Waals surface area contributed by atoms with Crippen LogP contribution in [0.25, 0.3) is 0 Å². The number of ether oxygens (including phenoxy) is 1. The summed E-state index contributed by atoms with van der Waals surface area (Å²) in [6.07, 6.45) is -0.114. The molecular formula is C16H14F2N2O4S. The molecule has 0 unspecified atom stereocenters. The number of carbonyl (C=O) groups excluding carboxylic acids is 1. The Balaban J connectivity index is 1.85. The van der Waals surface area contributed by atoms with Gasteiger partial charge in [-0.05, 0) is 24.3 Å². The normalized spacial score (nSPS) is 16.8. The van der Waals surface area contributed by atoms with E-state index in [0.717, 1.165) is 22.7 Å². The second kappa shape index (κ2) is 6.32. The topological polar surface area (TPSA) is 75.7 Å². The molecule has 0 bridgehead atoms. The molecule has 0 aromatic heterocycles. The van der Waals surface area contributed by atoms with E-state index >= 15 is 0 Å². The minimum absolute atomic E-state index is 0.0391. The fraction of sp³-hybridized carbons (Fsp3) is 0.188. The Morgan fingerprint density at radius 2 is 1.92 bits per heavy atom. The zero-order valence-electron chi connectivity index (χ0n) is 13.1. The molecule has 9 heteroatoms. The molecule has 1 atom stereocenters. The minimum Gasteiger partial charge on any atom is -0.476 e. The van der Waals surface area contributed by atoms with E-state index in [1.165, 1.54) is 6.07 Å². The van der Waals surface area contributed by atoms with Crippen molar-refractivity contribution in [3.63, 3.8) is 0 Å². The summed E-state index contributed by atoms with van der Waals surface area (Å²) >= 11 is 0. The van der Waals surface area contributed by atoms with E-state index in [2.05, 4.69) is 5.32 Å². The molecule has 0 radical (unpaired) electrons. The average Bonchev–Trinajstić information content (AvgIpc) is 2.56. The predicted octanol–water partition coefficient (Wildman–Crippen LogP) is 2.13. The number of fused-ring (bicyclic) bond motifs is 1. The van der Waals surface area contributed by atoms with Crippen LogP contribution in [0.4, 0.5) is 20.2 Å². The molecule has 0 fully saturated rings. The van der Waals surface area contributed by atoms with Crippen LogP contribution in [0.2, 0.25) is 0 Å². The SMILES string of the molecule is CS(=O)(=O)N1C[C@H](C(=O)Nc2ccc(F)c(F)c2)Oc2ccccc21. The summed E-state index contributed by atoms with van der Waals surface area (Å²) in [5.74, 6) is -2.58. The van der Waals surface area contributed by atoms with Crippen molar-refractivity contribution in [1.82, 2.24) is 0 Å². The summed E-state index contributed by atoms with van der Waals surface area (Å²) in [7, 11) is -3.63. The highest BCUT2D eigenvalue weighted by Crippen LogP contribution is 2.34. The summed E-state index contributed by atoms with van der Waals surface area (Å²) < 4.78 is 56.8. The van der Waals surface area contributed by atoms with Gasteiger partial charge < -0.3 is 10.1 Å². The third-order valence-corrected chi connectivity index (χ3v) is 4.76. The van der Waals surface area contributed by atoms with E-state index in [4.69, 9.17) is 4.74 Å². The maximum atomic E-state index is 13.2. The van der Waals surface area contributed by atoms with Crippen LogP contribution in [-0.4, -0.2) is 33.2 Å². The van der Waals surface area contributed by atoms with Crippen molar-refractivity contribution in [2.45, 2.75) is 6.10 Å². The number of nitrogens with one attached hydrogen (secondary N) is 1. The van der Waals surface area contributed by atoms with Gasteiger partial charge in [-0.3, -0.25) is 9.10 Å². The van der Waals surface area contributed by atoms with Crippen LogP contribution in [0.1, 0.15) is 0 Å². The molecule has 132 valence electrons. The number of para-hydroxylation sites is 2. The smallest absolute Gasteiger partial charge is 0.267 e. The molecule has 6 nitrogen and oxygen atoms in total. The maximum absolute atomic E-state index is 13.2. The molecule has 1 aliphatic rings. The van der Waals surface area contributed by atoms with Gasteiger partial charge in [0, 0.05) is 11.8 Å². The Morgan fingerprint density at radius 1 is 1.20 bits per heavy atom. The number of carbonyl (C=O) groups is 1. The second-order valence-electron chi connectivity index (χ2n) is 5.49. The van der Waals surface area contributed by atoms with Crippen LogP contribution in [0.5, 0.6) is 5.75 Å². The molecule has 1 N–H and O–H groups in total. The molecular weight excluding hydrogens is 354 g/mol. The number of nitrogens with zero attached hydrogens (tertiary/aromatic N) is 1. The molecule has 0 saturated heterocycles. The molecule has 2 aromatic rings. The number of rotatable bonds is 3. The Labute approximate surface area is 143 Å². The largest absolute Gasteiger partial charge is 0.476 e. The highest BCUT2D eigenvalue weighted by Gasteiger charge is 2.34. The number of anilines is 2. The monoisotopic (exact) mass is 368 g/mol. The van der Waals surface area contributed by atoms with Gasteiger partial charge in [0.05, 0.1) is 18.5 Å². The van der Waals surface area contributed by atoms with Crippen molar-refractivity contribution < 1.29 is 26.7 Å². The molecule has 1 amide bonds. The molecule has 3 rings (SSSR count). The molecule has 0 saturated carbocycles. The number of hydrogen-bond acceptors (Lipinski definition) is 4. The van der Waals surface area contributed by atoms with Gasteiger partial charge in [-0.1, -0.05) is 12.1 Å². The van der Waals surface area contributed by atoms with Crippen LogP contribution in [0.15, 0.2) is 42.5 Å². The van der Waals surface area contributed by atoms with Gasteiger partial charge in [-0.25, -0.2) is 17.2 Å². The zero-order chi connectivity index (χ0) is 18.2. The Hall–Kier alpha value is -2.68. The van der Waals surface area contributed by atoms with Gasteiger partial charge in [0.2, 0.25) is 10.0 Å². The highest BCUT2D eigenvalue weighted by molar-refractivity contribution is 7.92. The molecule has 1 aliphatic heterocycles. The summed E-state index contributed by atoms with van der Waals surface area (Å²) in [5.41, 5.74) is 0.374. The molecule has 25 heavy (non-hydrogen) atoms. The highest BCUT2D eigenvalue weighted by atomic mass is 32.2. The first-order valence-corrected chi connectivity index (χ1v) is 9.10. The number of hydrogen-bond donors (Lipinski definition) is 1. The standard InChI is InChI=1S/C16H14F2N2O4S/c1-25(22,23)20-9-15(24-14-5-3-2-4-13(14)20)16(21)19-10-6-7-11(17)12(18)8-10/h2-8,15H,9H2,1H3,(H,19,21)/t15-/m1/s1. The first-order valence-electron chi connectivity index (χ1n) is 7.25. The van der Waals surface area contributed by atoms with Crippen molar-refractivity contribution in [3.8, 4) is 5.75 Å². The molecule has 0 aliphatic carbocycles. The molecule has 1 heterocycles. The maximum Gasteiger partial charge on any atom is 0.267 e. The van der Waals surface area contributed by atoms with Crippen LogP contribution >= 0.6 is 0 Å². The van der Waals surface area contributed by atoms with Gasteiger partial charge in [0.1, 0.15) is 5.75 Å². The number of halogens is 2. The number of sulfonamides is 1. The molecule has 2 aromatic carbocycles. The number of amides is 1. The summed E-state index contributed by atoms with van der Waals surface area (Å²) in [4.78, 5) is 12.4. The lowest BCUT2D eigenvalue weighted by Crippen LogP contribution is -2.48. The van der Waals surface area contributed by atoms with Crippen molar-refractivity contribution in [2.24, 2.45) is 0 Å². The Bertz CT molecular complexity index is 933. The van der Waals surface area contributed by atoms with E-state index < -0.39 is 33.7 Å². The molecule has 0 spiro atoms. The van der Waals surface area contributed by atoms with Crippen LogP contribution in [0, 0.1) is 11.6 Å². The van der Waals surface area contributed by atoms with Crippen LogP contribution in [-0.2, 0) is 14.8 Å². The first-order chi connectivity index (χ1) is 11.8. The van der Waals surface area contributed by atoms with E-state index in [1.54, 1.807) is 24.3 Å². The van der Waals surface area contributed by atoms with Gasteiger partial charge in [-0.2, -0.15) is 0 Å². The Morgan fingerprint density at radius 3 is 2.60 bits per heavy atom. The summed E-state index contributed by atoms with van der Waals surface area (Å²) in [5, 5.41) is 2.39.